The fraction of sp³-hybridized carbons (Fsp3) is 0.300. The number of rotatable bonds is 5. The monoisotopic (exact) mass is 419 g/mol. The summed E-state index contributed by atoms with van der Waals surface area (Å²) in [5, 5.41) is 2.67. The van der Waals surface area contributed by atoms with Crippen LogP contribution in [0.2, 0.25) is 0 Å². The van der Waals surface area contributed by atoms with Gasteiger partial charge in [-0.15, -0.1) is 0 Å². The maximum atomic E-state index is 12.2. The van der Waals surface area contributed by atoms with Crippen molar-refractivity contribution >= 4 is 33.5 Å². The van der Waals surface area contributed by atoms with Crippen LogP contribution in [0.5, 0.6) is 5.75 Å². The van der Waals surface area contributed by atoms with Crippen molar-refractivity contribution in [3.05, 3.63) is 58.1 Å². The minimum atomic E-state index is -0.528. The fourth-order valence-electron chi connectivity index (χ4n) is 2.29. The lowest BCUT2D eigenvalue weighted by Crippen LogP contribution is -2.22. The van der Waals surface area contributed by atoms with Crippen LogP contribution >= 0.6 is 15.9 Å². The SMILES string of the molecule is COC(=O)c1cc(Br)ccc1NC(=O)COc1ccc(C(C)(C)C)cc1. The predicted molar refractivity (Wildman–Crippen MR) is 105 cm³/mol. The van der Waals surface area contributed by atoms with E-state index in [1.807, 2.05) is 24.3 Å². The molecular formula is C20H22BrNO4. The molecule has 0 aliphatic heterocycles. The number of hydrogen-bond donors (Lipinski definition) is 1. The molecule has 0 aliphatic rings. The van der Waals surface area contributed by atoms with Crippen LogP contribution in [0, 0.1) is 0 Å². The first kappa shape index (κ1) is 20.0. The predicted octanol–water partition coefficient (Wildman–Crippen LogP) is 4.55. The zero-order valence-corrected chi connectivity index (χ0v) is 16.8. The lowest BCUT2D eigenvalue weighted by Gasteiger charge is -2.19. The summed E-state index contributed by atoms with van der Waals surface area (Å²) >= 11 is 3.30. The Morgan fingerprint density at radius 2 is 1.73 bits per heavy atom. The molecule has 2 rings (SSSR count). The summed E-state index contributed by atoms with van der Waals surface area (Å²) < 4.78 is 11.0. The Hall–Kier alpha value is -2.34. The van der Waals surface area contributed by atoms with Gasteiger partial charge in [0.25, 0.3) is 5.91 Å². The number of anilines is 1. The summed E-state index contributed by atoms with van der Waals surface area (Å²) in [7, 11) is 1.29. The normalized spacial score (nSPS) is 11.0. The summed E-state index contributed by atoms with van der Waals surface area (Å²) in [6, 6.07) is 12.6. The van der Waals surface area contributed by atoms with Crippen molar-refractivity contribution < 1.29 is 19.1 Å². The molecule has 0 bridgehead atoms. The van der Waals surface area contributed by atoms with Gasteiger partial charge < -0.3 is 14.8 Å². The zero-order chi connectivity index (χ0) is 19.3. The van der Waals surface area contributed by atoms with E-state index in [0.717, 1.165) is 0 Å². The van der Waals surface area contributed by atoms with E-state index >= 15 is 0 Å². The fourth-order valence-corrected chi connectivity index (χ4v) is 2.65. The summed E-state index contributed by atoms with van der Waals surface area (Å²) in [5.41, 5.74) is 1.88. The average molecular weight is 420 g/mol. The topological polar surface area (TPSA) is 64.6 Å². The van der Waals surface area contributed by atoms with E-state index in [-0.39, 0.29) is 23.5 Å². The molecule has 0 unspecified atom stereocenters. The molecule has 138 valence electrons. The van der Waals surface area contributed by atoms with Crippen molar-refractivity contribution in [3.63, 3.8) is 0 Å². The molecule has 0 heterocycles. The largest absolute Gasteiger partial charge is 0.484 e. The van der Waals surface area contributed by atoms with Gasteiger partial charge in [-0.1, -0.05) is 48.8 Å². The van der Waals surface area contributed by atoms with E-state index < -0.39 is 5.97 Å². The van der Waals surface area contributed by atoms with Crippen LogP contribution in [0.25, 0.3) is 0 Å². The number of halogens is 1. The van der Waals surface area contributed by atoms with Crippen LogP contribution < -0.4 is 10.1 Å². The molecule has 0 atom stereocenters. The van der Waals surface area contributed by atoms with Crippen LogP contribution in [0.3, 0.4) is 0 Å². The van der Waals surface area contributed by atoms with Gasteiger partial charge >= 0.3 is 5.97 Å². The molecule has 0 radical (unpaired) electrons. The highest BCUT2D eigenvalue weighted by molar-refractivity contribution is 9.10. The van der Waals surface area contributed by atoms with Crippen molar-refractivity contribution in [2.75, 3.05) is 19.0 Å². The number of carbonyl (C=O) groups is 2. The molecule has 2 aromatic carbocycles. The molecular weight excluding hydrogens is 398 g/mol. The third-order valence-electron chi connectivity index (χ3n) is 3.75. The number of benzene rings is 2. The lowest BCUT2D eigenvalue weighted by atomic mass is 9.87. The van der Waals surface area contributed by atoms with Gasteiger partial charge in [-0.05, 0) is 41.3 Å². The zero-order valence-electron chi connectivity index (χ0n) is 15.3. The number of amides is 1. The van der Waals surface area contributed by atoms with E-state index in [0.29, 0.717) is 15.9 Å². The van der Waals surface area contributed by atoms with Crippen molar-refractivity contribution in [2.24, 2.45) is 0 Å². The summed E-state index contributed by atoms with van der Waals surface area (Å²) in [4.78, 5) is 24.0. The van der Waals surface area contributed by atoms with Gasteiger partial charge in [-0.2, -0.15) is 0 Å². The van der Waals surface area contributed by atoms with Crippen LogP contribution in [-0.2, 0) is 14.9 Å². The van der Waals surface area contributed by atoms with Gasteiger partial charge in [0, 0.05) is 4.47 Å². The highest BCUT2D eigenvalue weighted by Crippen LogP contribution is 2.24. The van der Waals surface area contributed by atoms with Crippen molar-refractivity contribution in [3.8, 4) is 5.75 Å². The summed E-state index contributed by atoms with van der Waals surface area (Å²) in [6.45, 7) is 6.24. The van der Waals surface area contributed by atoms with Gasteiger partial charge in [-0.25, -0.2) is 4.79 Å². The second-order valence-electron chi connectivity index (χ2n) is 6.79. The minimum absolute atomic E-state index is 0.0573. The third kappa shape index (κ3) is 5.33. The minimum Gasteiger partial charge on any atom is -0.484 e. The first-order chi connectivity index (χ1) is 12.2. The van der Waals surface area contributed by atoms with Gasteiger partial charge in [0.2, 0.25) is 0 Å². The summed E-state index contributed by atoms with van der Waals surface area (Å²) in [5.74, 6) is -0.283. The maximum Gasteiger partial charge on any atom is 0.340 e. The van der Waals surface area contributed by atoms with Crippen LogP contribution in [0.15, 0.2) is 46.9 Å². The van der Waals surface area contributed by atoms with Crippen LogP contribution in [0.4, 0.5) is 5.69 Å². The van der Waals surface area contributed by atoms with E-state index in [1.54, 1.807) is 18.2 Å². The molecule has 2 aromatic rings. The highest BCUT2D eigenvalue weighted by Gasteiger charge is 2.16. The van der Waals surface area contributed by atoms with Crippen LogP contribution in [-0.4, -0.2) is 25.6 Å². The van der Waals surface area contributed by atoms with E-state index in [2.05, 4.69) is 42.0 Å². The maximum absolute atomic E-state index is 12.2. The second-order valence-corrected chi connectivity index (χ2v) is 7.71. The number of carbonyl (C=O) groups excluding carboxylic acids is 2. The molecule has 6 heteroatoms. The number of hydrogen-bond acceptors (Lipinski definition) is 4. The smallest absolute Gasteiger partial charge is 0.340 e. The first-order valence-corrected chi connectivity index (χ1v) is 8.91. The lowest BCUT2D eigenvalue weighted by molar-refractivity contribution is -0.118. The average Bonchev–Trinajstić information content (AvgIpc) is 2.60. The van der Waals surface area contributed by atoms with E-state index in [9.17, 15) is 9.59 Å². The standard InChI is InChI=1S/C20H22BrNO4/c1-20(2,3)13-5-8-15(9-6-13)26-12-18(23)22-17-10-7-14(21)11-16(17)19(24)25-4/h5-11H,12H2,1-4H3,(H,22,23). The Labute approximate surface area is 161 Å². The Morgan fingerprint density at radius 1 is 1.08 bits per heavy atom. The Kier molecular flexibility index (Phi) is 6.42. The number of nitrogens with one attached hydrogen (secondary N) is 1. The van der Waals surface area contributed by atoms with Crippen molar-refractivity contribution in [1.82, 2.24) is 0 Å². The first-order valence-electron chi connectivity index (χ1n) is 8.12. The highest BCUT2D eigenvalue weighted by atomic mass is 79.9. The van der Waals surface area contributed by atoms with Crippen molar-refractivity contribution in [2.45, 2.75) is 26.2 Å². The molecule has 0 spiro atoms. The Bertz CT molecular complexity index is 794. The van der Waals surface area contributed by atoms with Crippen LogP contribution in [0.1, 0.15) is 36.7 Å². The Morgan fingerprint density at radius 3 is 2.31 bits per heavy atom. The number of ether oxygens (including phenoxy) is 2. The molecule has 0 saturated carbocycles. The molecule has 0 saturated heterocycles. The van der Waals surface area contributed by atoms with E-state index in [4.69, 9.17) is 9.47 Å². The van der Waals surface area contributed by atoms with Crippen molar-refractivity contribution in [1.29, 1.82) is 0 Å². The quantitative estimate of drug-likeness (QED) is 0.721. The van der Waals surface area contributed by atoms with Gasteiger partial charge in [0.1, 0.15) is 5.75 Å². The molecule has 1 amide bonds. The van der Waals surface area contributed by atoms with E-state index in [1.165, 1.54) is 12.7 Å². The van der Waals surface area contributed by atoms with Gasteiger partial charge in [-0.3, -0.25) is 4.79 Å². The molecule has 0 aliphatic carbocycles. The molecule has 5 nitrogen and oxygen atoms in total. The summed E-state index contributed by atoms with van der Waals surface area (Å²) in [6.07, 6.45) is 0. The third-order valence-corrected chi connectivity index (χ3v) is 4.24. The second kappa shape index (κ2) is 8.36. The molecule has 0 fully saturated rings. The molecule has 0 aromatic heterocycles. The molecule has 26 heavy (non-hydrogen) atoms. The van der Waals surface area contributed by atoms with Gasteiger partial charge in [0.05, 0.1) is 18.4 Å². The Balaban J connectivity index is 2.00. The number of methoxy groups -OCH3 is 1. The molecule has 1 N–H and O–H groups in total. The van der Waals surface area contributed by atoms with Gasteiger partial charge in [0.15, 0.2) is 6.61 Å². The number of esters is 1.